The molecule has 0 radical (unpaired) electrons. The third-order valence-electron chi connectivity index (χ3n) is 15.9. The molecule has 0 bridgehead atoms. The summed E-state index contributed by atoms with van der Waals surface area (Å²) in [6, 6.07) is 5.08. The van der Waals surface area contributed by atoms with Gasteiger partial charge in [0.2, 0.25) is 18.0 Å². The molecule has 5 amide bonds. The average Bonchev–Trinajstić information content (AvgIpc) is 4.20. The zero-order valence-corrected chi connectivity index (χ0v) is 44.5. The number of hydrogen-bond acceptors (Lipinski definition) is 15. The van der Waals surface area contributed by atoms with Crippen molar-refractivity contribution in [1.82, 2.24) is 25.5 Å². The van der Waals surface area contributed by atoms with Gasteiger partial charge in [-0.2, -0.15) is 13.8 Å². The Labute approximate surface area is 451 Å². The number of aromatic nitrogens is 2. The maximum Gasteiger partial charge on any atom is 0.508 e. The number of urea groups is 1. The quantitative estimate of drug-likeness (QED) is 0.0445. The monoisotopic (exact) mass is 1090 g/mol. The van der Waals surface area contributed by atoms with Crippen molar-refractivity contribution in [3.05, 3.63) is 100 Å². The molecule has 2 aromatic rings. The summed E-state index contributed by atoms with van der Waals surface area (Å²) in [5, 5.41) is 42.2. The Balaban J connectivity index is 0.896. The Morgan fingerprint density at radius 1 is 1.05 bits per heavy atom. The summed E-state index contributed by atoms with van der Waals surface area (Å²) in [5.74, 6) is -3.92. The van der Waals surface area contributed by atoms with E-state index in [-0.39, 0.29) is 55.4 Å². The van der Waals surface area contributed by atoms with E-state index in [1.165, 1.54) is 43.7 Å². The van der Waals surface area contributed by atoms with Crippen molar-refractivity contribution >= 4 is 41.6 Å². The first kappa shape index (κ1) is 59.0. The Bertz CT molecular complexity index is 2690. The predicted molar refractivity (Wildman–Crippen MR) is 281 cm³/mol. The number of halogens is 2. The highest BCUT2D eigenvalue weighted by molar-refractivity contribution is 5.99. The molecule has 78 heavy (non-hydrogen) atoms. The molecule has 21 nitrogen and oxygen atoms in total. The summed E-state index contributed by atoms with van der Waals surface area (Å²) in [6.07, 6.45) is 6.78. The number of aliphatic hydroxyl groups excluding tert-OH is 3. The smallest absolute Gasteiger partial charge is 0.446 e. The van der Waals surface area contributed by atoms with Gasteiger partial charge in [-0.05, 0) is 136 Å². The molecule has 5 fully saturated rings. The van der Waals surface area contributed by atoms with Crippen LogP contribution in [0.15, 0.2) is 88.9 Å². The first-order valence-corrected chi connectivity index (χ1v) is 26.6. The molecule has 0 spiro atoms. The highest BCUT2D eigenvalue weighted by atomic mass is 19.3. The van der Waals surface area contributed by atoms with E-state index in [1.807, 2.05) is 12.2 Å². The molecule has 1 aliphatic heterocycles. The van der Waals surface area contributed by atoms with Gasteiger partial charge in [0.1, 0.15) is 42.8 Å². The highest BCUT2D eigenvalue weighted by Crippen LogP contribution is 2.59. The van der Waals surface area contributed by atoms with Crippen LogP contribution in [0.2, 0.25) is 0 Å². The summed E-state index contributed by atoms with van der Waals surface area (Å²) in [6.45, 7) is 10.6. The zero-order valence-electron chi connectivity index (χ0n) is 44.5. The van der Waals surface area contributed by atoms with Gasteiger partial charge in [0, 0.05) is 31.3 Å². The Hall–Kier alpha value is -6.69. The molecule has 4 aliphatic carbocycles. The van der Waals surface area contributed by atoms with Crippen LogP contribution < -0.4 is 38.4 Å². The molecule has 1 aromatic carbocycles. The minimum Gasteiger partial charge on any atom is -0.446 e. The fraction of sp³-hybridized carbons (Fsp3) is 0.582. The van der Waals surface area contributed by atoms with Crippen LogP contribution in [-0.4, -0.2) is 116 Å². The molecule has 1 saturated heterocycles. The van der Waals surface area contributed by atoms with Crippen LogP contribution in [0.4, 0.5) is 34.7 Å². The number of ether oxygens (including phenoxy) is 4. The standard InChI is InChI=1S/C55H74F2N8O13/c1-30(10-21-41(66)34-14-15-34)38-19-20-39-33(8-6-23-54(38,39)5)13-16-35-26-37(27-42(67)31(35)2)77-51(73)64-53(3,4)47(70)62-40(9-7-24-60-49(59)71)46(69)61-36-17-11-32(12-18-36)28-75-52(74)76-29-43-45(68)55(56,57)48(78-43)65-25-22-44(58)63-50(65)72/h10-13,16-18,21-22,25,30,34,37-43,45,48,66-68H,2,6-9,14-15,19-20,23-24,26-29H2,1,3-5H3,(H,61,69)(H,62,70)(H,64,73)(H2,58,63,72)(H3,59,60,71)/b21-10+,33-13+,35-16-/t30-,37-,38?,39?,40?,41?,42-,43?,45?,48?,54+/m0/s1. The number of fused-ring (bicyclic) bond motifs is 1. The molecule has 2 heterocycles. The van der Waals surface area contributed by atoms with E-state index in [9.17, 15) is 52.9 Å². The number of anilines is 2. The van der Waals surface area contributed by atoms with Crippen molar-refractivity contribution in [2.45, 2.75) is 159 Å². The number of alkyl carbamates (subject to hydrolysis) is 1. The van der Waals surface area contributed by atoms with E-state index in [1.54, 1.807) is 0 Å². The number of amides is 5. The minimum atomic E-state index is -3.97. The van der Waals surface area contributed by atoms with Crippen molar-refractivity contribution in [2.75, 3.05) is 24.2 Å². The fourth-order valence-corrected chi connectivity index (χ4v) is 11.3. The van der Waals surface area contributed by atoms with Crippen LogP contribution in [0.1, 0.15) is 110 Å². The maximum atomic E-state index is 14.9. The van der Waals surface area contributed by atoms with Gasteiger partial charge in [0.25, 0.3) is 0 Å². The summed E-state index contributed by atoms with van der Waals surface area (Å²) in [4.78, 5) is 80.2. The molecular weight excluding hydrogens is 1020 g/mol. The van der Waals surface area contributed by atoms with Gasteiger partial charge in [0.15, 0.2) is 6.10 Å². The summed E-state index contributed by atoms with van der Waals surface area (Å²) >= 11 is 0. The van der Waals surface area contributed by atoms with Crippen molar-refractivity contribution in [2.24, 2.45) is 34.8 Å². The van der Waals surface area contributed by atoms with Gasteiger partial charge in [0.05, 0.1) is 12.2 Å². The highest BCUT2D eigenvalue weighted by Gasteiger charge is 2.60. The minimum absolute atomic E-state index is 0.0300. The fourth-order valence-electron chi connectivity index (χ4n) is 11.3. The van der Waals surface area contributed by atoms with Crippen LogP contribution in [-0.2, 0) is 35.1 Å². The molecule has 11 atom stereocenters. The van der Waals surface area contributed by atoms with Crippen LogP contribution in [0.25, 0.3) is 0 Å². The van der Waals surface area contributed by atoms with Gasteiger partial charge >= 0.3 is 29.9 Å². The molecule has 1 aromatic heterocycles. The maximum absolute atomic E-state index is 14.9. The molecule has 7 rings (SSSR count). The van der Waals surface area contributed by atoms with Crippen molar-refractivity contribution in [3.8, 4) is 0 Å². The second kappa shape index (κ2) is 25.0. The number of nitrogen functional groups attached to an aromatic ring is 1. The number of benzene rings is 1. The van der Waals surface area contributed by atoms with E-state index in [2.05, 4.69) is 58.8 Å². The van der Waals surface area contributed by atoms with E-state index in [0.717, 1.165) is 62.8 Å². The number of nitrogens with two attached hydrogens (primary N) is 2. The summed E-state index contributed by atoms with van der Waals surface area (Å²) < 4.78 is 51.2. The number of carbonyl (C=O) groups excluding carboxylic acids is 5. The van der Waals surface area contributed by atoms with E-state index >= 15 is 0 Å². The van der Waals surface area contributed by atoms with E-state index in [4.69, 9.17) is 30.4 Å². The number of rotatable bonds is 20. The number of allylic oxidation sites excluding steroid dienone is 4. The molecule has 7 unspecified atom stereocenters. The lowest BCUT2D eigenvalue weighted by molar-refractivity contribution is -0.141. The lowest BCUT2D eigenvalue weighted by atomic mass is 9.61. The third-order valence-corrected chi connectivity index (χ3v) is 15.9. The SMILES string of the molecule is C=C1/C(=C\C=C2/CCC[C@@]3(C)C2CCC3[C@@H](C)/C=C/C(O)C2CC2)C[C@H](OC(=O)NC(C)(C)C(=O)NC(CCCNC(N)=O)C(=O)Nc2ccc(COC(=O)OCC3OC(n4ccc(N)nc4=O)C(F)(F)C3O)cc2)C[C@@H]1O. The molecule has 5 aliphatic rings. The Morgan fingerprint density at radius 3 is 2.47 bits per heavy atom. The first-order chi connectivity index (χ1) is 36.9. The van der Waals surface area contributed by atoms with E-state index in [0.29, 0.717) is 45.8 Å². The summed E-state index contributed by atoms with van der Waals surface area (Å²) in [7, 11) is 0. The first-order valence-electron chi connectivity index (χ1n) is 26.6. The number of carbonyl (C=O) groups is 5. The number of alkyl halides is 2. The van der Waals surface area contributed by atoms with Crippen molar-refractivity contribution in [1.29, 1.82) is 0 Å². The van der Waals surface area contributed by atoms with Gasteiger partial charge < -0.3 is 67.0 Å². The van der Waals surface area contributed by atoms with Crippen LogP contribution in [0, 0.1) is 29.1 Å². The van der Waals surface area contributed by atoms with Crippen LogP contribution >= 0.6 is 0 Å². The van der Waals surface area contributed by atoms with Gasteiger partial charge in [-0.1, -0.05) is 62.4 Å². The number of nitrogens with one attached hydrogen (secondary N) is 4. The zero-order chi connectivity index (χ0) is 56.7. The summed E-state index contributed by atoms with van der Waals surface area (Å²) in [5.41, 5.74) is 11.4. The van der Waals surface area contributed by atoms with Crippen LogP contribution in [0.5, 0.6) is 0 Å². The second-order valence-corrected chi connectivity index (χ2v) is 22.0. The van der Waals surface area contributed by atoms with E-state index < -0.39 is 90.5 Å². The van der Waals surface area contributed by atoms with Gasteiger partial charge in [-0.15, -0.1) is 0 Å². The topological polar surface area (TPSA) is 318 Å². The lowest BCUT2D eigenvalue weighted by Crippen LogP contribution is -2.58. The number of nitrogens with zero attached hydrogens (tertiary/aromatic N) is 2. The van der Waals surface area contributed by atoms with Crippen molar-refractivity contribution < 1.29 is 67.0 Å². The number of hydrogen-bond donors (Lipinski definition) is 9. The molecule has 4 saturated carbocycles. The molecular formula is C55H74F2N8O13. The number of primary amides is 1. The normalized spacial score (nSPS) is 28.1. The Kier molecular flexibility index (Phi) is 18.9. The molecule has 23 heteroatoms. The largest absolute Gasteiger partial charge is 0.508 e. The molecule has 11 N–H and O–H groups in total. The van der Waals surface area contributed by atoms with Crippen LogP contribution in [0.3, 0.4) is 0 Å². The lowest BCUT2D eigenvalue weighted by Gasteiger charge is -2.44. The second-order valence-electron chi connectivity index (χ2n) is 22.0. The number of aliphatic hydroxyl groups is 3. The molecule has 426 valence electrons. The third kappa shape index (κ3) is 14.5. The van der Waals surface area contributed by atoms with Gasteiger partial charge in [-0.25, -0.2) is 19.2 Å². The Morgan fingerprint density at radius 2 is 1.78 bits per heavy atom. The van der Waals surface area contributed by atoms with Gasteiger partial charge in [-0.3, -0.25) is 14.2 Å². The van der Waals surface area contributed by atoms with Crippen molar-refractivity contribution in [3.63, 3.8) is 0 Å². The predicted octanol–water partition coefficient (Wildman–Crippen LogP) is 5.56. The average molecular weight is 1090 g/mol.